The smallest absolute Gasteiger partial charge is 0.287 e. The van der Waals surface area contributed by atoms with Crippen molar-refractivity contribution in [3.8, 4) is 11.1 Å². The number of aromatic nitrogens is 1. The van der Waals surface area contributed by atoms with Gasteiger partial charge in [0.25, 0.3) is 5.91 Å². The summed E-state index contributed by atoms with van der Waals surface area (Å²) < 4.78 is 7.46. The summed E-state index contributed by atoms with van der Waals surface area (Å²) in [6.07, 6.45) is 6.53. The SMILES string of the molecule is O=C(NCCCn1cccc1)c1cc(-c2ccccc2)co1. The van der Waals surface area contributed by atoms with Crippen LogP contribution >= 0.6 is 0 Å². The van der Waals surface area contributed by atoms with Crippen LogP contribution in [0.15, 0.2) is 71.6 Å². The Morgan fingerprint density at radius 3 is 2.59 bits per heavy atom. The molecule has 0 spiro atoms. The van der Waals surface area contributed by atoms with Crippen molar-refractivity contribution in [2.45, 2.75) is 13.0 Å². The summed E-state index contributed by atoms with van der Waals surface area (Å²) in [4.78, 5) is 12.0. The van der Waals surface area contributed by atoms with Gasteiger partial charge >= 0.3 is 0 Å². The summed E-state index contributed by atoms with van der Waals surface area (Å²) >= 11 is 0. The first-order valence-corrected chi connectivity index (χ1v) is 7.36. The van der Waals surface area contributed by atoms with Crippen LogP contribution in [-0.2, 0) is 6.54 Å². The van der Waals surface area contributed by atoms with E-state index in [0.717, 1.165) is 24.1 Å². The average Bonchev–Trinajstić information content (AvgIpc) is 3.24. The van der Waals surface area contributed by atoms with Gasteiger partial charge in [-0.2, -0.15) is 0 Å². The van der Waals surface area contributed by atoms with Crippen LogP contribution in [0.1, 0.15) is 17.0 Å². The number of furan rings is 1. The molecule has 0 bridgehead atoms. The molecule has 2 aromatic heterocycles. The molecule has 0 atom stereocenters. The van der Waals surface area contributed by atoms with Crippen LogP contribution in [-0.4, -0.2) is 17.0 Å². The zero-order valence-electron chi connectivity index (χ0n) is 12.2. The Morgan fingerprint density at radius 2 is 1.82 bits per heavy atom. The molecule has 0 saturated heterocycles. The van der Waals surface area contributed by atoms with Crippen LogP contribution < -0.4 is 5.32 Å². The van der Waals surface area contributed by atoms with Gasteiger partial charge in [-0.3, -0.25) is 4.79 Å². The Kier molecular flexibility index (Phi) is 4.39. The molecule has 0 fully saturated rings. The number of hydrogen-bond donors (Lipinski definition) is 1. The summed E-state index contributed by atoms with van der Waals surface area (Å²) in [6.45, 7) is 1.51. The maximum Gasteiger partial charge on any atom is 0.287 e. The fourth-order valence-electron chi connectivity index (χ4n) is 2.31. The highest BCUT2D eigenvalue weighted by atomic mass is 16.3. The maximum absolute atomic E-state index is 12.0. The predicted molar refractivity (Wildman–Crippen MR) is 85.5 cm³/mol. The van der Waals surface area contributed by atoms with E-state index in [-0.39, 0.29) is 5.91 Å². The van der Waals surface area contributed by atoms with E-state index in [1.165, 1.54) is 0 Å². The third-order valence-corrected chi connectivity index (χ3v) is 3.48. The molecule has 2 heterocycles. The fourth-order valence-corrected chi connectivity index (χ4v) is 2.31. The van der Waals surface area contributed by atoms with Crippen molar-refractivity contribution in [2.24, 2.45) is 0 Å². The number of amides is 1. The van der Waals surface area contributed by atoms with Crippen molar-refractivity contribution < 1.29 is 9.21 Å². The molecule has 0 aliphatic carbocycles. The van der Waals surface area contributed by atoms with Crippen molar-refractivity contribution in [2.75, 3.05) is 6.54 Å². The van der Waals surface area contributed by atoms with Gasteiger partial charge in [0.1, 0.15) is 0 Å². The number of nitrogens with one attached hydrogen (secondary N) is 1. The Morgan fingerprint density at radius 1 is 1.05 bits per heavy atom. The van der Waals surface area contributed by atoms with E-state index < -0.39 is 0 Å². The highest BCUT2D eigenvalue weighted by Crippen LogP contribution is 2.21. The van der Waals surface area contributed by atoms with Gasteiger partial charge in [0.15, 0.2) is 5.76 Å². The molecule has 0 radical (unpaired) electrons. The van der Waals surface area contributed by atoms with Crippen LogP contribution in [0.2, 0.25) is 0 Å². The third kappa shape index (κ3) is 3.47. The van der Waals surface area contributed by atoms with E-state index in [2.05, 4.69) is 9.88 Å². The Balaban J connectivity index is 1.51. The molecule has 1 N–H and O–H groups in total. The minimum Gasteiger partial charge on any atom is -0.459 e. The zero-order chi connectivity index (χ0) is 15.2. The Hall–Kier alpha value is -2.75. The molecule has 112 valence electrons. The van der Waals surface area contributed by atoms with Gasteiger partial charge < -0.3 is 14.3 Å². The Labute approximate surface area is 129 Å². The average molecular weight is 294 g/mol. The molecular weight excluding hydrogens is 276 g/mol. The van der Waals surface area contributed by atoms with Gasteiger partial charge in [-0.15, -0.1) is 0 Å². The second-order valence-corrected chi connectivity index (χ2v) is 5.10. The van der Waals surface area contributed by atoms with Crippen LogP contribution in [0.4, 0.5) is 0 Å². The highest BCUT2D eigenvalue weighted by Gasteiger charge is 2.11. The van der Waals surface area contributed by atoms with Gasteiger partial charge in [0.2, 0.25) is 0 Å². The monoisotopic (exact) mass is 294 g/mol. The topological polar surface area (TPSA) is 47.2 Å². The second-order valence-electron chi connectivity index (χ2n) is 5.10. The van der Waals surface area contributed by atoms with Crippen molar-refractivity contribution in [1.29, 1.82) is 0 Å². The standard InChI is InChI=1S/C18H18N2O2/c21-18(19-9-6-12-20-10-4-5-11-20)17-13-16(14-22-17)15-7-2-1-3-8-15/h1-5,7-8,10-11,13-14H,6,9,12H2,(H,19,21). The molecule has 4 heteroatoms. The maximum atomic E-state index is 12.0. The molecular formula is C18H18N2O2. The molecule has 0 aliphatic rings. The van der Waals surface area contributed by atoms with Crippen molar-refractivity contribution in [1.82, 2.24) is 9.88 Å². The van der Waals surface area contributed by atoms with Crippen LogP contribution in [0.3, 0.4) is 0 Å². The number of aryl methyl sites for hydroxylation is 1. The molecule has 4 nitrogen and oxygen atoms in total. The number of rotatable bonds is 6. The quantitative estimate of drug-likeness (QED) is 0.706. The molecule has 22 heavy (non-hydrogen) atoms. The summed E-state index contributed by atoms with van der Waals surface area (Å²) in [6, 6.07) is 15.6. The summed E-state index contributed by atoms with van der Waals surface area (Å²) in [7, 11) is 0. The lowest BCUT2D eigenvalue weighted by Crippen LogP contribution is -2.24. The minimum absolute atomic E-state index is 0.172. The van der Waals surface area contributed by atoms with Crippen LogP contribution in [0.5, 0.6) is 0 Å². The number of hydrogen-bond acceptors (Lipinski definition) is 2. The van der Waals surface area contributed by atoms with Crippen molar-refractivity contribution >= 4 is 5.91 Å². The zero-order valence-corrected chi connectivity index (χ0v) is 12.2. The van der Waals surface area contributed by atoms with E-state index in [1.54, 1.807) is 12.3 Å². The molecule has 1 amide bonds. The molecule has 0 unspecified atom stereocenters. The first kappa shape index (κ1) is 14.2. The van der Waals surface area contributed by atoms with E-state index in [9.17, 15) is 4.79 Å². The normalized spacial score (nSPS) is 10.5. The van der Waals surface area contributed by atoms with E-state index in [4.69, 9.17) is 4.42 Å². The lowest BCUT2D eigenvalue weighted by molar-refractivity contribution is 0.0925. The largest absolute Gasteiger partial charge is 0.459 e. The molecule has 3 aromatic rings. The fraction of sp³-hybridized carbons (Fsp3) is 0.167. The van der Waals surface area contributed by atoms with Gasteiger partial charge in [0, 0.05) is 31.0 Å². The molecule has 0 saturated carbocycles. The van der Waals surface area contributed by atoms with Crippen molar-refractivity contribution in [3.05, 3.63) is 72.9 Å². The highest BCUT2D eigenvalue weighted by molar-refractivity contribution is 5.92. The Bertz CT molecular complexity index is 715. The molecule has 0 aliphatic heterocycles. The lowest BCUT2D eigenvalue weighted by Gasteiger charge is -2.04. The molecule has 1 aromatic carbocycles. The minimum atomic E-state index is -0.172. The van der Waals surface area contributed by atoms with Crippen LogP contribution in [0, 0.1) is 0 Å². The summed E-state index contributed by atoms with van der Waals surface area (Å²) in [5, 5.41) is 2.88. The molecule has 3 rings (SSSR count). The summed E-state index contributed by atoms with van der Waals surface area (Å²) in [5.74, 6) is 0.175. The summed E-state index contributed by atoms with van der Waals surface area (Å²) in [5.41, 5.74) is 1.95. The second kappa shape index (κ2) is 6.80. The van der Waals surface area contributed by atoms with E-state index >= 15 is 0 Å². The third-order valence-electron chi connectivity index (χ3n) is 3.48. The number of carbonyl (C=O) groups is 1. The predicted octanol–water partition coefficient (Wildman–Crippen LogP) is 3.57. The first-order chi connectivity index (χ1) is 10.8. The first-order valence-electron chi connectivity index (χ1n) is 7.36. The van der Waals surface area contributed by atoms with Gasteiger partial charge in [-0.1, -0.05) is 30.3 Å². The van der Waals surface area contributed by atoms with Gasteiger partial charge in [0.05, 0.1) is 6.26 Å². The number of benzene rings is 1. The number of carbonyl (C=O) groups excluding carboxylic acids is 1. The number of nitrogens with zero attached hydrogens (tertiary/aromatic N) is 1. The van der Waals surface area contributed by atoms with E-state index in [0.29, 0.717) is 12.3 Å². The van der Waals surface area contributed by atoms with Crippen molar-refractivity contribution in [3.63, 3.8) is 0 Å². The van der Waals surface area contributed by atoms with Gasteiger partial charge in [-0.25, -0.2) is 0 Å². The van der Waals surface area contributed by atoms with Crippen LogP contribution in [0.25, 0.3) is 11.1 Å². The van der Waals surface area contributed by atoms with Gasteiger partial charge in [-0.05, 0) is 30.2 Å². The van der Waals surface area contributed by atoms with E-state index in [1.807, 2.05) is 54.9 Å². The lowest BCUT2D eigenvalue weighted by atomic mass is 10.1.